The number of hydrogen-bond donors (Lipinski definition) is 2. The van der Waals surface area contributed by atoms with E-state index in [1.165, 1.54) is 0 Å². The van der Waals surface area contributed by atoms with Crippen molar-refractivity contribution in [1.82, 2.24) is 9.97 Å². The number of rotatable bonds is 7. The molecule has 150 valence electrons. The molecular weight excluding hydrogens is 378 g/mol. The maximum atomic E-state index is 11.0. The van der Waals surface area contributed by atoms with E-state index in [2.05, 4.69) is 15.3 Å². The summed E-state index contributed by atoms with van der Waals surface area (Å²) in [5.74, 6) is 0.932. The fraction of sp³-hybridized carbons (Fsp3) is 0.125. The smallest absolute Gasteiger partial charge is 0.322 e. The average molecular weight is 399 g/mol. The van der Waals surface area contributed by atoms with E-state index in [9.17, 15) is 4.79 Å². The van der Waals surface area contributed by atoms with Crippen LogP contribution in [0.4, 0.5) is 5.82 Å². The number of fused-ring (bicyclic) bond motifs is 1. The van der Waals surface area contributed by atoms with Gasteiger partial charge in [-0.1, -0.05) is 54.6 Å². The van der Waals surface area contributed by atoms with Gasteiger partial charge in [-0.3, -0.25) is 4.79 Å². The summed E-state index contributed by atoms with van der Waals surface area (Å²) in [5, 5.41) is 12.7. The van der Waals surface area contributed by atoms with Crippen molar-refractivity contribution < 1.29 is 14.6 Å². The van der Waals surface area contributed by atoms with Crippen LogP contribution in [0.2, 0.25) is 0 Å². The SMILES string of the molecule is CCOc1ccccc1-c1ccc(-c2nc(NCC(=O)O)c3ccccc3n2)cc1. The number of anilines is 1. The Kier molecular flexibility index (Phi) is 5.57. The molecule has 6 nitrogen and oxygen atoms in total. The molecule has 0 bridgehead atoms. The van der Waals surface area contributed by atoms with E-state index in [0.717, 1.165) is 33.3 Å². The van der Waals surface area contributed by atoms with Gasteiger partial charge in [-0.05, 0) is 30.7 Å². The number of nitrogens with one attached hydrogen (secondary N) is 1. The molecule has 0 saturated heterocycles. The number of benzene rings is 3. The van der Waals surface area contributed by atoms with Crippen molar-refractivity contribution in [1.29, 1.82) is 0 Å². The van der Waals surface area contributed by atoms with Gasteiger partial charge in [0.2, 0.25) is 0 Å². The van der Waals surface area contributed by atoms with Crippen LogP contribution in [0.5, 0.6) is 5.75 Å². The lowest BCUT2D eigenvalue weighted by atomic mass is 10.0. The maximum Gasteiger partial charge on any atom is 0.322 e. The van der Waals surface area contributed by atoms with Gasteiger partial charge < -0.3 is 15.2 Å². The van der Waals surface area contributed by atoms with E-state index in [1.807, 2.05) is 79.7 Å². The molecule has 1 heterocycles. The van der Waals surface area contributed by atoms with E-state index in [-0.39, 0.29) is 6.54 Å². The van der Waals surface area contributed by atoms with Crippen molar-refractivity contribution in [2.24, 2.45) is 0 Å². The fourth-order valence-electron chi connectivity index (χ4n) is 3.29. The summed E-state index contributed by atoms with van der Waals surface area (Å²) in [5.41, 5.74) is 3.65. The Bertz CT molecular complexity index is 1190. The average Bonchev–Trinajstić information content (AvgIpc) is 2.78. The van der Waals surface area contributed by atoms with E-state index in [1.54, 1.807) is 0 Å². The first kappa shape index (κ1) is 19.4. The molecule has 30 heavy (non-hydrogen) atoms. The number of nitrogens with zero attached hydrogens (tertiary/aromatic N) is 2. The van der Waals surface area contributed by atoms with Crippen molar-refractivity contribution in [3.05, 3.63) is 72.8 Å². The van der Waals surface area contributed by atoms with Crippen molar-refractivity contribution >= 4 is 22.7 Å². The van der Waals surface area contributed by atoms with Gasteiger partial charge in [0, 0.05) is 16.5 Å². The van der Waals surface area contributed by atoms with Crippen LogP contribution in [0.1, 0.15) is 6.92 Å². The number of para-hydroxylation sites is 2. The second kappa shape index (κ2) is 8.61. The Hall–Kier alpha value is -3.93. The molecule has 4 aromatic rings. The highest BCUT2D eigenvalue weighted by atomic mass is 16.5. The molecule has 3 aromatic carbocycles. The predicted molar refractivity (Wildman–Crippen MR) is 118 cm³/mol. The van der Waals surface area contributed by atoms with E-state index < -0.39 is 5.97 Å². The first-order chi connectivity index (χ1) is 14.7. The highest BCUT2D eigenvalue weighted by Crippen LogP contribution is 2.32. The third kappa shape index (κ3) is 4.07. The molecule has 0 aliphatic rings. The lowest BCUT2D eigenvalue weighted by Crippen LogP contribution is -2.14. The minimum absolute atomic E-state index is 0.215. The highest BCUT2D eigenvalue weighted by Gasteiger charge is 2.11. The summed E-state index contributed by atoms with van der Waals surface area (Å²) in [7, 11) is 0. The molecule has 6 heteroatoms. The number of carboxylic acid groups (broad SMARTS) is 1. The Labute approximate surface area is 174 Å². The molecule has 4 rings (SSSR count). The second-order valence-corrected chi connectivity index (χ2v) is 6.67. The third-order valence-corrected chi connectivity index (χ3v) is 4.65. The van der Waals surface area contributed by atoms with Crippen LogP contribution in [0.15, 0.2) is 72.8 Å². The predicted octanol–water partition coefficient (Wildman–Crippen LogP) is 4.86. The highest BCUT2D eigenvalue weighted by molar-refractivity contribution is 5.91. The fourth-order valence-corrected chi connectivity index (χ4v) is 3.29. The number of carboxylic acids is 1. The Balaban J connectivity index is 1.72. The van der Waals surface area contributed by atoms with Gasteiger partial charge >= 0.3 is 5.97 Å². The largest absolute Gasteiger partial charge is 0.493 e. The number of aliphatic carboxylic acids is 1. The first-order valence-electron chi connectivity index (χ1n) is 9.71. The Morgan fingerprint density at radius 2 is 1.63 bits per heavy atom. The summed E-state index contributed by atoms with van der Waals surface area (Å²) < 4.78 is 5.74. The molecule has 2 N–H and O–H groups in total. The Morgan fingerprint density at radius 1 is 0.933 bits per heavy atom. The van der Waals surface area contributed by atoms with Gasteiger partial charge in [0.25, 0.3) is 0 Å². The molecule has 0 fully saturated rings. The molecule has 0 radical (unpaired) electrons. The van der Waals surface area contributed by atoms with Crippen LogP contribution in [0, 0.1) is 0 Å². The summed E-state index contributed by atoms with van der Waals surface area (Å²) in [6, 6.07) is 23.4. The normalized spacial score (nSPS) is 10.7. The Morgan fingerprint density at radius 3 is 2.40 bits per heavy atom. The summed E-state index contributed by atoms with van der Waals surface area (Å²) >= 11 is 0. The van der Waals surface area contributed by atoms with Crippen LogP contribution >= 0.6 is 0 Å². The van der Waals surface area contributed by atoms with E-state index in [4.69, 9.17) is 9.84 Å². The number of aromatic nitrogens is 2. The van der Waals surface area contributed by atoms with Crippen LogP contribution in [-0.4, -0.2) is 34.2 Å². The molecule has 0 aliphatic carbocycles. The number of ether oxygens (including phenoxy) is 1. The molecule has 0 spiro atoms. The summed E-state index contributed by atoms with van der Waals surface area (Å²) in [4.78, 5) is 20.2. The van der Waals surface area contributed by atoms with Gasteiger partial charge in [0.1, 0.15) is 18.1 Å². The van der Waals surface area contributed by atoms with E-state index in [0.29, 0.717) is 18.2 Å². The summed E-state index contributed by atoms with van der Waals surface area (Å²) in [6.45, 7) is 2.35. The molecule has 1 aromatic heterocycles. The van der Waals surface area contributed by atoms with Gasteiger partial charge in [0.15, 0.2) is 5.82 Å². The molecule has 0 saturated carbocycles. The molecule has 0 unspecified atom stereocenters. The third-order valence-electron chi connectivity index (χ3n) is 4.65. The van der Waals surface area contributed by atoms with Crippen molar-refractivity contribution in [2.75, 3.05) is 18.5 Å². The van der Waals surface area contributed by atoms with Gasteiger partial charge in [-0.2, -0.15) is 0 Å². The zero-order valence-corrected chi connectivity index (χ0v) is 16.5. The van der Waals surface area contributed by atoms with Crippen LogP contribution in [0.25, 0.3) is 33.4 Å². The van der Waals surface area contributed by atoms with Crippen LogP contribution < -0.4 is 10.1 Å². The monoisotopic (exact) mass is 399 g/mol. The standard InChI is InChI=1S/C24H21N3O3/c1-2-30-21-10-6-4-7-18(21)16-11-13-17(14-12-16)23-26-20-9-5-3-8-19(20)24(27-23)25-15-22(28)29/h3-14H,2,15H2,1H3,(H,28,29)(H,25,26,27). The topological polar surface area (TPSA) is 84.3 Å². The maximum absolute atomic E-state index is 11.0. The van der Waals surface area contributed by atoms with Crippen LogP contribution in [0.3, 0.4) is 0 Å². The molecule has 0 atom stereocenters. The van der Waals surface area contributed by atoms with Crippen molar-refractivity contribution in [3.63, 3.8) is 0 Å². The zero-order valence-electron chi connectivity index (χ0n) is 16.5. The minimum atomic E-state index is -0.948. The first-order valence-corrected chi connectivity index (χ1v) is 9.71. The quantitative estimate of drug-likeness (QED) is 0.462. The van der Waals surface area contributed by atoms with Crippen LogP contribution in [-0.2, 0) is 4.79 Å². The van der Waals surface area contributed by atoms with Gasteiger partial charge in [-0.25, -0.2) is 9.97 Å². The van der Waals surface area contributed by atoms with Gasteiger partial charge in [0.05, 0.1) is 12.1 Å². The summed E-state index contributed by atoms with van der Waals surface area (Å²) in [6.07, 6.45) is 0. The second-order valence-electron chi connectivity index (χ2n) is 6.67. The number of hydrogen-bond acceptors (Lipinski definition) is 5. The zero-order chi connectivity index (χ0) is 20.9. The van der Waals surface area contributed by atoms with Crippen molar-refractivity contribution in [3.8, 4) is 28.3 Å². The molecule has 0 aliphatic heterocycles. The molecular formula is C24H21N3O3. The van der Waals surface area contributed by atoms with E-state index >= 15 is 0 Å². The van der Waals surface area contributed by atoms with Gasteiger partial charge in [-0.15, -0.1) is 0 Å². The minimum Gasteiger partial charge on any atom is -0.493 e. The lowest BCUT2D eigenvalue weighted by molar-refractivity contribution is -0.134. The lowest BCUT2D eigenvalue weighted by Gasteiger charge is -2.12. The number of carbonyl (C=O) groups is 1. The molecule has 0 amide bonds. The van der Waals surface area contributed by atoms with Crippen molar-refractivity contribution in [2.45, 2.75) is 6.92 Å².